The average Bonchev–Trinajstić information content (AvgIpc) is 2.88. The first-order valence-electron chi connectivity index (χ1n) is 12.4. The summed E-state index contributed by atoms with van der Waals surface area (Å²) in [5.74, 6) is 1.52. The molecule has 0 N–H and O–H groups in total. The molecule has 202 valence electrons. The van der Waals surface area contributed by atoms with E-state index < -0.39 is 15.7 Å². The molecule has 3 aromatic rings. The van der Waals surface area contributed by atoms with Crippen molar-refractivity contribution >= 4 is 21.7 Å². The van der Waals surface area contributed by atoms with Crippen LogP contribution in [0.25, 0.3) is 0 Å². The normalized spacial score (nSPS) is 15.2. The topological polar surface area (TPSA) is 85.4 Å². The van der Waals surface area contributed by atoms with E-state index in [2.05, 4.69) is 18.7 Å². The highest BCUT2D eigenvalue weighted by Gasteiger charge is 2.36. The Morgan fingerprint density at radius 3 is 2.16 bits per heavy atom. The number of piperazine rings is 1. The zero-order chi connectivity index (χ0) is 27.5. The number of carbonyl (C=O) groups excluding carboxylic acids is 1. The number of hydrogen-bond donors (Lipinski definition) is 0. The summed E-state index contributed by atoms with van der Waals surface area (Å²) < 4.78 is 41.2. The van der Waals surface area contributed by atoms with Gasteiger partial charge in [-0.15, -0.1) is 0 Å². The Morgan fingerprint density at radius 1 is 0.895 bits per heavy atom. The molecule has 0 spiro atoms. The van der Waals surface area contributed by atoms with Gasteiger partial charge in [0.05, 0.1) is 26.2 Å². The number of anilines is 1. The molecule has 1 aliphatic rings. The van der Waals surface area contributed by atoms with Crippen molar-refractivity contribution in [2.45, 2.75) is 37.6 Å². The molecule has 38 heavy (non-hydrogen) atoms. The van der Waals surface area contributed by atoms with E-state index in [4.69, 9.17) is 13.7 Å². The van der Waals surface area contributed by atoms with Gasteiger partial charge in [-0.05, 0) is 74.9 Å². The van der Waals surface area contributed by atoms with Gasteiger partial charge in [-0.3, -0.25) is 4.79 Å². The molecule has 1 heterocycles. The van der Waals surface area contributed by atoms with E-state index in [9.17, 15) is 13.2 Å². The van der Waals surface area contributed by atoms with Gasteiger partial charge < -0.3 is 23.5 Å². The van der Waals surface area contributed by atoms with Crippen LogP contribution in [-0.4, -0.2) is 58.6 Å². The van der Waals surface area contributed by atoms with Crippen molar-refractivity contribution in [3.63, 3.8) is 0 Å². The fourth-order valence-electron chi connectivity index (χ4n) is 4.69. The molecule has 0 aliphatic carbocycles. The molecule has 1 fully saturated rings. The first kappa shape index (κ1) is 27.3. The molecule has 1 saturated heterocycles. The fraction of sp³-hybridized carbons (Fsp3) is 0.345. The Bertz CT molecular complexity index is 1390. The van der Waals surface area contributed by atoms with E-state index >= 15 is 0 Å². The van der Waals surface area contributed by atoms with E-state index in [1.54, 1.807) is 38.5 Å². The Balaban J connectivity index is 1.40. The van der Waals surface area contributed by atoms with Crippen molar-refractivity contribution in [3.05, 3.63) is 77.9 Å². The van der Waals surface area contributed by atoms with Crippen LogP contribution in [0.4, 0.5) is 5.69 Å². The molecule has 9 heteroatoms. The third-order valence-corrected chi connectivity index (χ3v) is 7.99. The van der Waals surface area contributed by atoms with Crippen LogP contribution in [0.1, 0.15) is 25.0 Å². The van der Waals surface area contributed by atoms with E-state index in [1.165, 1.54) is 12.1 Å². The van der Waals surface area contributed by atoms with Gasteiger partial charge in [0.1, 0.15) is 10.6 Å². The van der Waals surface area contributed by atoms with Crippen LogP contribution in [0.2, 0.25) is 0 Å². The van der Waals surface area contributed by atoms with Gasteiger partial charge in [-0.2, -0.15) is 8.42 Å². The second-order valence-corrected chi connectivity index (χ2v) is 11.5. The first-order valence-corrected chi connectivity index (χ1v) is 13.8. The number of aryl methyl sites for hydroxylation is 1. The molecule has 1 aliphatic heterocycles. The Morgan fingerprint density at radius 2 is 1.55 bits per heavy atom. The second kappa shape index (κ2) is 10.9. The number of rotatable bonds is 8. The van der Waals surface area contributed by atoms with Crippen molar-refractivity contribution in [2.75, 3.05) is 38.8 Å². The van der Waals surface area contributed by atoms with Gasteiger partial charge in [-0.1, -0.05) is 23.8 Å². The Hall–Kier alpha value is -3.72. The van der Waals surface area contributed by atoms with Gasteiger partial charge in [0.25, 0.3) is 0 Å². The lowest BCUT2D eigenvalue weighted by molar-refractivity contribution is -0.136. The molecular weight excluding hydrogens is 504 g/mol. The predicted octanol–water partition coefficient (Wildman–Crippen LogP) is 4.45. The summed E-state index contributed by atoms with van der Waals surface area (Å²) >= 11 is 0. The van der Waals surface area contributed by atoms with Gasteiger partial charge in [0.15, 0.2) is 11.5 Å². The minimum absolute atomic E-state index is 0.0481. The van der Waals surface area contributed by atoms with Crippen LogP contribution in [0.15, 0.2) is 71.6 Å². The van der Waals surface area contributed by atoms with Crippen LogP contribution in [0.3, 0.4) is 0 Å². The molecule has 0 aromatic heterocycles. The van der Waals surface area contributed by atoms with Crippen molar-refractivity contribution in [2.24, 2.45) is 0 Å². The maximum absolute atomic E-state index is 13.3. The zero-order valence-corrected chi connectivity index (χ0v) is 23.2. The highest BCUT2D eigenvalue weighted by Crippen LogP contribution is 2.31. The zero-order valence-electron chi connectivity index (χ0n) is 22.4. The van der Waals surface area contributed by atoms with E-state index in [1.807, 2.05) is 42.2 Å². The number of carbonyl (C=O) groups is 1. The maximum Gasteiger partial charge on any atom is 0.339 e. The smallest absolute Gasteiger partial charge is 0.339 e. The molecule has 4 rings (SSSR count). The third-order valence-electron chi connectivity index (χ3n) is 6.72. The van der Waals surface area contributed by atoms with Gasteiger partial charge >= 0.3 is 10.1 Å². The Kier molecular flexibility index (Phi) is 7.87. The standard InChI is InChI=1S/C29H34N2O6S/c1-21-6-13-25(14-7-21)38(33,34)37-24-11-9-23(10-12-24)30-16-17-31(29(2,3)20-30)28(32)19-22-8-15-26(35-4)27(18-22)36-5/h6-15,18H,16-17,19-20H2,1-5H3. The van der Waals surface area contributed by atoms with Gasteiger partial charge in [0.2, 0.25) is 5.91 Å². The molecular formula is C29H34N2O6S. The summed E-state index contributed by atoms with van der Waals surface area (Å²) in [5, 5.41) is 0. The SMILES string of the molecule is COc1ccc(CC(=O)N2CCN(c3ccc(OS(=O)(=O)c4ccc(C)cc4)cc3)CC2(C)C)cc1OC. The summed E-state index contributed by atoms with van der Waals surface area (Å²) in [5.41, 5.74) is 2.36. The van der Waals surface area contributed by atoms with E-state index in [-0.39, 0.29) is 23.0 Å². The molecule has 0 atom stereocenters. The molecule has 0 bridgehead atoms. The van der Waals surface area contributed by atoms with Crippen LogP contribution >= 0.6 is 0 Å². The summed E-state index contributed by atoms with van der Waals surface area (Å²) in [6.07, 6.45) is 0.269. The highest BCUT2D eigenvalue weighted by atomic mass is 32.2. The summed E-state index contributed by atoms with van der Waals surface area (Å²) in [4.78, 5) is 17.5. The van der Waals surface area contributed by atoms with E-state index in [0.29, 0.717) is 31.1 Å². The number of ether oxygens (including phenoxy) is 2. The average molecular weight is 539 g/mol. The molecule has 0 saturated carbocycles. The number of methoxy groups -OCH3 is 2. The number of amides is 1. The van der Waals surface area contributed by atoms with Crippen LogP contribution in [0, 0.1) is 6.92 Å². The predicted molar refractivity (Wildman–Crippen MR) is 147 cm³/mol. The summed E-state index contributed by atoms with van der Waals surface area (Å²) in [6, 6.07) is 19.1. The van der Waals surface area contributed by atoms with Gasteiger partial charge in [0, 0.05) is 25.3 Å². The molecule has 0 unspecified atom stereocenters. The third kappa shape index (κ3) is 6.05. The number of hydrogen-bond acceptors (Lipinski definition) is 7. The van der Waals surface area contributed by atoms with Crippen molar-refractivity contribution in [3.8, 4) is 17.2 Å². The molecule has 8 nitrogen and oxygen atoms in total. The van der Waals surface area contributed by atoms with Gasteiger partial charge in [-0.25, -0.2) is 0 Å². The van der Waals surface area contributed by atoms with Crippen molar-refractivity contribution in [1.29, 1.82) is 0 Å². The second-order valence-electron chi connectivity index (χ2n) is 9.99. The van der Waals surface area contributed by atoms with Crippen LogP contribution in [0.5, 0.6) is 17.2 Å². The summed E-state index contributed by atoms with van der Waals surface area (Å²) in [6.45, 7) is 7.86. The minimum atomic E-state index is -3.91. The Labute approximate surface area is 224 Å². The monoisotopic (exact) mass is 538 g/mol. The fourth-order valence-corrected chi connectivity index (χ4v) is 5.62. The lowest BCUT2D eigenvalue weighted by atomic mass is 9.96. The van der Waals surface area contributed by atoms with Crippen LogP contribution in [-0.2, 0) is 21.3 Å². The molecule has 3 aromatic carbocycles. The molecule has 0 radical (unpaired) electrons. The minimum Gasteiger partial charge on any atom is -0.493 e. The van der Waals surface area contributed by atoms with Crippen LogP contribution < -0.4 is 18.6 Å². The lowest BCUT2D eigenvalue weighted by Gasteiger charge is -2.48. The van der Waals surface area contributed by atoms with E-state index in [0.717, 1.165) is 16.8 Å². The highest BCUT2D eigenvalue weighted by molar-refractivity contribution is 7.87. The van der Waals surface area contributed by atoms with Crippen molar-refractivity contribution < 1.29 is 26.9 Å². The number of benzene rings is 3. The maximum atomic E-state index is 13.3. The lowest BCUT2D eigenvalue weighted by Crippen LogP contribution is -2.61. The number of nitrogens with zero attached hydrogens (tertiary/aromatic N) is 2. The quantitative estimate of drug-likeness (QED) is 0.392. The molecule has 1 amide bonds. The first-order chi connectivity index (χ1) is 18.0. The summed E-state index contributed by atoms with van der Waals surface area (Å²) in [7, 11) is -0.751. The largest absolute Gasteiger partial charge is 0.493 e. The van der Waals surface area contributed by atoms with Crippen molar-refractivity contribution in [1.82, 2.24) is 4.90 Å².